The summed E-state index contributed by atoms with van der Waals surface area (Å²) in [4.78, 5) is 20.8. The molecule has 0 unspecified atom stereocenters. The van der Waals surface area contributed by atoms with E-state index in [1.165, 1.54) is 5.52 Å². The van der Waals surface area contributed by atoms with Gasteiger partial charge in [0.15, 0.2) is 5.96 Å². The predicted molar refractivity (Wildman–Crippen MR) is 121 cm³/mol. The summed E-state index contributed by atoms with van der Waals surface area (Å²) in [5.41, 5.74) is 3.29. The fraction of sp³-hybridized carbons (Fsp3) is 0.348. The first kappa shape index (κ1) is 21.4. The molecule has 0 fully saturated rings. The van der Waals surface area contributed by atoms with Gasteiger partial charge in [0.05, 0.1) is 11.0 Å². The highest BCUT2D eigenvalue weighted by Gasteiger charge is 2.06. The third-order valence-corrected chi connectivity index (χ3v) is 4.90. The third kappa shape index (κ3) is 6.07. The number of aromatic nitrogens is 2. The van der Waals surface area contributed by atoms with Crippen molar-refractivity contribution in [2.24, 2.45) is 4.99 Å². The Morgan fingerprint density at radius 1 is 1.00 bits per heavy atom. The number of nitrogens with zero attached hydrogens (tertiary/aromatic N) is 3. The molecule has 0 aliphatic carbocycles. The van der Waals surface area contributed by atoms with Crippen molar-refractivity contribution in [3.8, 4) is 0 Å². The molecule has 0 atom stereocenters. The van der Waals surface area contributed by atoms with Crippen molar-refractivity contribution in [3.05, 3.63) is 66.0 Å². The van der Waals surface area contributed by atoms with Gasteiger partial charge in [0.25, 0.3) is 0 Å². The molecule has 1 heterocycles. The van der Waals surface area contributed by atoms with Crippen LogP contribution in [-0.4, -0.2) is 41.6 Å². The van der Waals surface area contributed by atoms with Gasteiger partial charge in [0.1, 0.15) is 5.82 Å². The van der Waals surface area contributed by atoms with Crippen LogP contribution in [0.1, 0.15) is 24.2 Å². The molecule has 30 heavy (non-hydrogen) atoms. The van der Waals surface area contributed by atoms with Gasteiger partial charge in [0, 0.05) is 39.6 Å². The number of nitrogens with one attached hydrogen (secondary N) is 3. The zero-order chi connectivity index (χ0) is 21.2. The Morgan fingerprint density at radius 3 is 2.53 bits per heavy atom. The molecule has 0 saturated heterocycles. The quantitative estimate of drug-likeness (QED) is 0.290. The van der Waals surface area contributed by atoms with Crippen LogP contribution in [0.25, 0.3) is 11.0 Å². The topological polar surface area (TPSA) is 83.3 Å². The van der Waals surface area contributed by atoms with E-state index < -0.39 is 0 Å². The van der Waals surface area contributed by atoms with Gasteiger partial charge in [-0.3, -0.25) is 9.79 Å². The van der Waals surface area contributed by atoms with E-state index in [-0.39, 0.29) is 5.91 Å². The van der Waals surface area contributed by atoms with Crippen molar-refractivity contribution >= 4 is 22.9 Å². The molecule has 0 saturated carbocycles. The molecular weight excluding hydrogens is 376 g/mol. The second kappa shape index (κ2) is 11.0. The summed E-state index contributed by atoms with van der Waals surface area (Å²) < 4.78 is 2.24. The highest BCUT2D eigenvalue weighted by Crippen LogP contribution is 2.15. The highest BCUT2D eigenvalue weighted by molar-refractivity contribution is 5.81. The van der Waals surface area contributed by atoms with E-state index in [0.29, 0.717) is 25.5 Å². The van der Waals surface area contributed by atoms with Gasteiger partial charge >= 0.3 is 0 Å². The van der Waals surface area contributed by atoms with Crippen LogP contribution in [0.5, 0.6) is 0 Å². The number of imidazole rings is 1. The Labute approximate surface area is 177 Å². The van der Waals surface area contributed by atoms with Crippen molar-refractivity contribution in [2.75, 3.05) is 20.1 Å². The minimum Gasteiger partial charge on any atom is -0.356 e. The molecule has 0 bridgehead atoms. The normalized spacial score (nSPS) is 11.5. The number of carbonyl (C=O) groups is 1. The number of hydrogen-bond acceptors (Lipinski definition) is 3. The summed E-state index contributed by atoms with van der Waals surface area (Å²) in [7, 11) is 1.73. The lowest BCUT2D eigenvalue weighted by molar-refractivity contribution is -0.121. The second-order valence-corrected chi connectivity index (χ2v) is 7.09. The molecular formula is C23H30N6O. The number of amides is 1. The van der Waals surface area contributed by atoms with E-state index >= 15 is 0 Å². The van der Waals surface area contributed by atoms with Crippen LogP contribution in [-0.2, 0) is 17.9 Å². The number of fused-ring (bicyclic) bond motifs is 1. The average Bonchev–Trinajstić information content (AvgIpc) is 3.09. The van der Waals surface area contributed by atoms with Crippen LogP contribution in [0.4, 0.5) is 0 Å². The lowest BCUT2D eigenvalue weighted by Crippen LogP contribution is -2.39. The maximum Gasteiger partial charge on any atom is 0.222 e. The number of aliphatic imine (C=N–C) groups is 1. The Balaban J connectivity index is 1.33. The standard InChI is InChI=1S/C23H30N6O/c1-18-28-20-11-6-7-12-21(20)29(18)16-8-14-25-23(24-2)26-15-13-22(30)27-17-19-9-4-3-5-10-19/h3-7,9-12H,8,13-17H2,1-2H3,(H,27,30)(H2,24,25,26). The largest absolute Gasteiger partial charge is 0.356 e. The van der Waals surface area contributed by atoms with Gasteiger partial charge in [0.2, 0.25) is 5.91 Å². The first-order valence-corrected chi connectivity index (χ1v) is 10.3. The summed E-state index contributed by atoms with van der Waals surface area (Å²) in [6.45, 7) is 4.79. The number of para-hydroxylation sites is 2. The van der Waals surface area contributed by atoms with Crippen LogP contribution >= 0.6 is 0 Å². The number of benzene rings is 2. The molecule has 1 aromatic heterocycles. The molecule has 0 aliphatic rings. The van der Waals surface area contributed by atoms with Gasteiger partial charge < -0.3 is 20.5 Å². The van der Waals surface area contributed by atoms with E-state index in [0.717, 1.165) is 36.4 Å². The van der Waals surface area contributed by atoms with Gasteiger partial charge in [-0.15, -0.1) is 0 Å². The molecule has 2 aromatic carbocycles. The van der Waals surface area contributed by atoms with Gasteiger partial charge in [-0.2, -0.15) is 0 Å². The zero-order valence-electron chi connectivity index (χ0n) is 17.7. The smallest absolute Gasteiger partial charge is 0.222 e. The van der Waals surface area contributed by atoms with Crippen molar-refractivity contribution < 1.29 is 4.79 Å². The molecule has 1 amide bonds. The first-order valence-electron chi connectivity index (χ1n) is 10.3. The van der Waals surface area contributed by atoms with E-state index in [2.05, 4.69) is 36.6 Å². The lowest BCUT2D eigenvalue weighted by atomic mass is 10.2. The van der Waals surface area contributed by atoms with Crippen LogP contribution in [0.2, 0.25) is 0 Å². The Hall–Kier alpha value is -3.35. The van der Waals surface area contributed by atoms with Gasteiger partial charge in [-0.05, 0) is 31.0 Å². The van der Waals surface area contributed by atoms with Crippen LogP contribution in [0, 0.1) is 6.92 Å². The number of carbonyl (C=O) groups excluding carboxylic acids is 1. The van der Waals surface area contributed by atoms with Crippen LogP contribution < -0.4 is 16.0 Å². The van der Waals surface area contributed by atoms with E-state index in [4.69, 9.17) is 0 Å². The predicted octanol–water partition coefficient (Wildman–Crippen LogP) is 2.61. The van der Waals surface area contributed by atoms with Crippen molar-refractivity contribution in [1.82, 2.24) is 25.5 Å². The number of aryl methyl sites for hydroxylation is 2. The maximum atomic E-state index is 12.0. The molecule has 7 nitrogen and oxygen atoms in total. The van der Waals surface area contributed by atoms with Gasteiger partial charge in [-0.1, -0.05) is 42.5 Å². The summed E-state index contributed by atoms with van der Waals surface area (Å²) >= 11 is 0. The molecule has 7 heteroatoms. The molecule has 0 radical (unpaired) electrons. The van der Waals surface area contributed by atoms with Gasteiger partial charge in [-0.25, -0.2) is 4.98 Å². The summed E-state index contributed by atoms with van der Waals surface area (Å²) in [5, 5.41) is 9.43. The maximum absolute atomic E-state index is 12.0. The van der Waals surface area contributed by atoms with Crippen molar-refractivity contribution in [3.63, 3.8) is 0 Å². The first-order chi connectivity index (χ1) is 14.7. The number of rotatable bonds is 9. The Morgan fingerprint density at radius 2 is 1.73 bits per heavy atom. The molecule has 0 spiro atoms. The summed E-state index contributed by atoms with van der Waals surface area (Å²) in [6.07, 6.45) is 1.34. The molecule has 3 N–H and O–H groups in total. The van der Waals surface area contributed by atoms with E-state index in [9.17, 15) is 4.79 Å². The van der Waals surface area contributed by atoms with Crippen molar-refractivity contribution in [2.45, 2.75) is 32.9 Å². The molecule has 158 valence electrons. The minimum atomic E-state index is 0.0178. The fourth-order valence-electron chi connectivity index (χ4n) is 3.32. The zero-order valence-corrected chi connectivity index (χ0v) is 17.7. The fourth-order valence-corrected chi connectivity index (χ4v) is 3.32. The lowest BCUT2D eigenvalue weighted by Gasteiger charge is -2.13. The molecule has 3 rings (SSSR count). The van der Waals surface area contributed by atoms with Crippen LogP contribution in [0.15, 0.2) is 59.6 Å². The number of guanidine groups is 1. The van der Waals surface area contributed by atoms with E-state index in [1.807, 2.05) is 55.5 Å². The summed E-state index contributed by atoms with van der Waals surface area (Å²) in [5.74, 6) is 1.75. The minimum absolute atomic E-state index is 0.0178. The molecule has 0 aliphatic heterocycles. The SMILES string of the molecule is CN=C(NCCCn1c(C)nc2ccccc21)NCCC(=O)NCc1ccccc1. The monoisotopic (exact) mass is 406 g/mol. The molecule has 3 aromatic rings. The Bertz CT molecular complexity index is 980. The summed E-state index contributed by atoms with van der Waals surface area (Å²) in [6, 6.07) is 18.1. The number of hydrogen-bond donors (Lipinski definition) is 3. The second-order valence-electron chi connectivity index (χ2n) is 7.09. The third-order valence-electron chi connectivity index (χ3n) is 4.90. The van der Waals surface area contributed by atoms with E-state index in [1.54, 1.807) is 7.05 Å². The van der Waals surface area contributed by atoms with Crippen molar-refractivity contribution in [1.29, 1.82) is 0 Å². The average molecular weight is 407 g/mol. The highest BCUT2D eigenvalue weighted by atomic mass is 16.1. The van der Waals surface area contributed by atoms with Crippen LogP contribution in [0.3, 0.4) is 0 Å². The Kier molecular flexibility index (Phi) is 7.83.